The Bertz CT molecular complexity index is 680. The number of sulfonamides is 1. The second-order valence-corrected chi connectivity index (χ2v) is 8.18. The van der Waals surface area contributed by atoms with Crippen molar-refractivity contribution in [1.82, 2.24) is 4.72 Å². The van der Waals surface area contributed by atoms with Gasteiger partial charge in [0.15, 0.2) is 0 Å². The van der Waals surface area contributed by atoms with E-state index in [1.807, 2.05) is 0 Å². The van der Waals surface area contributed by atoms with Crippen LogP contribution in [-0.4, -0.2) is 27.5 Å². The number of carbonyl (C=O) groups excluding carboxylic acids is 1. The molecule has 134 valence electrons. The molecule has 2 N–H and O–H groups in total. The molecule has 1 amide bonds. The summed E-state index contributed by atoms with van der Waals surface area (Å²) >= 11 is 0. The minimum absolute atomic E-state index is 0.0162. The van der Waals surface area contributed by atoms with Gasteiger partial charge in [-0.2, -0.15) is 0 Å². The highest BCUT2D eigenvalue weighted by Gasteiger charge is 2.23. The minimum atomic E-state index is -3.62. The van der Waals surface area contributed by atoms with Crippen molar-refractivity contribution in [1.29, 1.82) is 0 Å². The molecule has 0 aromatic heterocycles. The molecule has 0 atom stereocenters. The van der Waals surface area contributed by atoms with Crippen molar-refractivity contribution >= 4 is 21.6 Å². The van der Waals surface area contributed by atoms with Crippen LogP contribution in [-0.2, 0) is 14.8 Å². The number of amides is 1. The molecular weight excluding hydrogens is 328 g/mol. The predicted octanol–water partition coefficient (Wildman–Crippen LogP) is 2.90. The zero-order chi connectivity index (χ0) is 17.7. The lowest BCUT2D eigenvalue weighted by molar-refractivity contribution is -0.120. The first-order valence-electron chi connectivity index (χ1n) is 8.34. The molecule has 1 aliphatic carbocycles. The van der Waals surface area contributed by atoms with E-state index in [0.717, 1.165) is 25.7 Å². The molecule has 1 saturated carbocycles. The van der Waals surface area contributed by atoms with Crippen LogP contribution in [0, 0.1) is 5.92 Å². The molecule has 1 fully saturated rings. The first-order valence-corrected chi connectivity index (χ1v) is 9.83. The van der Waals surface area contributed by atoms with E-state index in [4.69, 9.17) is 4.74 Å². The van der Waals surface area contributed by atoms with Gasteiger partial charge in [0, 0.05) is 12.0 Å². The number of ether oxygens (including phenoxy) is 1. The SMILES string of the molecule is COc1ccc(S(=O)(=O)NC(C)C)cc1NC(=O)C1CCCCC1. The van der Waals surface area contributed by atoms with Gasteiger partial charge in [-0.05, 0) is 44.9 Å². The number of carbonyl (C=O) groups is 1. The van der Waals surface area contributed by atoms with Gasteiger partial charge < -0.3 is 10.1 Å². The number of nitrogens with one attached hydrogen (secondary N) is 2. The lowest BCUT2D eigenvalue weighted by atomic mass is 9.88. The maximum atomic E-state index is 12.4. The maximum Gasteiger partial charge on any atom is 0.240 e. The van der Waals surface area contributed by atoms with Gasteiger partial charge in [-0.25, -0.2) is 13.1 Å². The third kappa shape index (κ3) is 4.70. The summed E-state index contributed by atoms with van der Waals surface area (Å²) in [5.41, 5.74) is 0.389. The van der Waals surface area contributed by atoms with E-state index in [0.29, 0.717) is 11.4 Å². The molecule has 0 aliphatic heterocycles. The number of hydrogen-bond donors (Lipinski definition) is 2. The van der Waals surface area contributed by atoms with Crippen LogP contribution < -0.4 is 14.8 Å². The molecule has 0 heterocycles. The van der Waals surface area contributed by atoms with E-state index >= 15 is 0 Å². The smallest absolute Gasteiger partial charge is 0.240 e. The molecule has 1 aliphatic rings. The van der Waals surface area contributed by atoms with Gasteiger partial charge in [0.2, 0.25) is 15.9 Å². The van der Waals surface area contributed by atoms with Crippen molar-refractivity contribution < 1.29 is 17.9 Å². The Morgan fingerprint density at radius 3 is 2.46 bits per heavy atom. The zero-order valence-corrected chi connectivity index (χ0v) is 15.3. The van der Waals surface area contributed by atoms with Crippen molar-refractivity contribution in [2.24, 2.45) is 5.92 Å². The normalized spacial score (nSPS) is 16.2. The molecule has 0 unspecified atom stereocenters. The molecule has 1 aromatic carbocycles. The van der Waals surface area contributed by atoms with Crippen LogP contribution in [0.4, 0.5) is 5.69 Å². The maximum absolute atomic E-state index is 12.4. The van der Waals surface area contributed by atoms with Crippen molar-refractivity contribution in [2.75, 3.05) is 12.4 Å². The monoisotopic (exact) mass is 354 g/mol. The number of methoxy groups -OCH3 is 1. The third-order valence-corrected chi connectivity index (χ3v) is 5.76. The summed E-state index contributed by atoms with van der Waals surface area (Å²) in [6.07, 6.45) is 5.04. The first-order chi connectivity index (χ1) is 11.3. The fourth-order valence-corrected chi connectivity index (χ4v) is 4.21. The van der Waals surface area contributed by atoms with Crippen molar-refractivity contribution in [3.8, 4) is 5.75 Å². The van der Waals surface area contributed by atoms with Gasteiger partial charge in [0.25, 0.3) is 0 Å². The van der Waals surface area contributed by atoms with E-state index in [9.17, 15) is 13.2 Å². The number of anilines is 1. The Morgan fingerprint density at radius 2 is 1.88 bits per heavy atom. The lowest BCUT2D eigenvalue weighted by Crippen LogP contribution is -2.30. The number of rotatable bonds is 6. The summed E-state index contributed by atoms with van der Waals surface area (Å²) < 4.78 is 32.4. The standard InChI is InChI=1S/C17H26N2O4S/c1-12(2)19-24(21,22)14-9-10-16(23-3)15(11-14)18-17(20)13-7-5-4-6-8-13/h9-13,19H,4-8H2,1-3H3,(H,18,20). The molecule has 0 bridgehead atoms. The molecule has 0 radical (unpaired) electrons. The Labute approximate surface area is 144 Å². The highest BCUT2D eigenvalue weighted by atomic mass is 32.2. The number of hydrogen-bond acceptors (Lipinski definition) is 4. The zero-order valence-electron chi connectivity index (χ0n) is 14.5. The first kappa shape index (κ1) is 18.7. The van der Waals surface area contributed by atoms with Crippen molar-refractivity contribution in [2.45, 2.75) is 56.9 Å². The van der Waals surface area contributed by atoms with Crippen LogP contribution in [0.1, 0.15) is 46.0 Å². The van der Waals surface area contributed by atoms with E-state index in [2.05, 4.69) is 10.0 Å². The van der Waals surface area contributed by atoms with Crippen LogP contribution >= 0.6 is 0 Å². The van der Waals surface area contributed by atoms with E-state index in [-0.39, 0.29) is 22.8 Å². The fourth-order valence-electron chi connectivity index (χ4n) is 2.93. The summed E-state index contributed by atoms with van der Waals surface area (Å²) in [5.74, 6) is 0.361. The van der Waals surface area contributed by atoms with Gasteiger partial charge in [-0.3, -0.25) is 4.79 Å². The Balaban J connectivity index is 2.24. The average Bonchev–Trinajstić information content (AvgIpc) is 2.54. The predicted molar refractivity (Wildman–Crippen MR) is 93.7 cm³/mol. The Kier molecular flexibility index (Phi) is 6.23. The van der Waals surface area contributed by atoms with Crippen LogP contribution in [0.2, 0.25) is 0 Å². The second kappa shape index (κ2) is 7.98. The van der Waals surface area contributed by atoms with Gasteiger partial charge in [-0.1, -0.05) is 19.3 Å². The molecule has 0 saturated heterocycles. The molecule has 1 aromatic rings. The Hall–Kier alpha value is -1.60. The molecule has 2 rings (SSSR count). The highest BCUT2D eigenvalue weighted by Crippen LogP contribution is 2.30. The topological polar surface area (TPSA) is 84.5 Å². The summed E-state index contributed by atoms with van der Waals surface area (Å²) in [7, 11) is -2.13. The summed E-state index contributed by atoms with van der Waals surface area (Å²) in [6.45, 7) is 3.51. The van der Waals surface area contributed by atoms with E-state index in [1.165, 1.54) is 25.7 Å². The van der Waals surface area contributed by atoms with E-state index < -0.39 is 10.0 Å². The van der Waals surface area contributed by atoms with Crippen molar-refractivity contribution in [3.05, 3.63) is 18.2 Å². The average molecular weight is 354 g/mol. The van der Waals surface area contributed by atoms with E-state index in [1.54, 1.807) is 19.9 Å². The van der Waals surface area contributed by atoms with Crippen LogP contribution in [0.25, 0.3) is 0 Å². The minimum Gasteiger partial charge on any atom is -0.495 e. The molecule has 0 spiro atoms. The van der Waals surface area contributed by atoms with Gasteiger partial charge in [0.1, 0.15) is 5.75 Å². The molecular formula is C17H26N2O4S. The fraction of sp³-hybridized carbons (Fsp3) is 0.588. The number of benzene rings is 1. The molecule has 7 heteroatoms. The van der Waals surface area contributed by atoms with Gasteiger partial charge in [-0.15, -0.1) is 0 Å². The summed E-state index contributed by atoms with van der Waals surface area (Å²) in [6, 6.07) is 4.27. The van der Waals surface area contributed by atoms with Crippen LogP contribution in [0.3, 0.4) is 0 Å². The largest absolute Gasteiger partial charge is 0.495 e. The van der Waals surface area contributed by atoms with Crippen LogP contribution in [0.5, 0.6) is 5.75 Å². The quantitative estimate of drug-likeness (QED) is 0.823. The van der Waals surface area contributed by atoms with Crippen LogP contribution in [0.15, 0.2) is 23.1 Å². The summed E-state index contributed by atoms with van der Waals surface area (Å²) in [4.78, 5) is 12.6. The molecule has 6 nitrogen and oxygen atoms in total. The highest BCUT2D eigenvalue weighted by molar-refractivity contribution is 7.89. The second-order valence-electron chi connectivity index (χ2n) is 6.46. The van der Waals surface area contributed by atoms with Gasteiger partial charge >= 0.3 is 0 Å². The Morgan fingerprint density at radius 1 is 1.21 bits per heavy atom. The lowest BCUT2D eigenvalue weighted by Gasteiger charge is -2.21. The summed E-state index contributed by atoms with van der Waals surface area (Å²) in [5, 5.41) is 2.84. The van der Waals surface area contributed by atoms with Gasteiger partial charge in [0.05, 0.1) is 17.7 Å². The van der Waals surface area contributed by atoms with Crippen molar-refractivity contribution in [3.63, 3.8) is 0 Å². The third-order valence-electron chi connectivity index (χ3n) is 4.11. The molecule has 24 heavy (non-hydrogen) atoms.